The third kappa shape index (κ3) is 1.69. The lowest BCUT2D eigenvalue weighted by Crippen LogP contribution is -2.43. The summed E-state index contributed by atoms with van der Waals surface area (Å²) in [6.07, 6.45) is -0.480. The number of halogens is 1. The van der Waals surface area contributed by atoms with E-state index in [1.165, 1.54) is 4.90 Å². The first-order chi connectivity index (χ1) is 7.67. The highest BCUT2D eigenvalue weighted by Gasteiger charge is 2.30. The summed E-state index contributed by atoms with van der Waals surface area (Å²) in [4.78, 5) is 13.3. The van der Waals surface area contributed by atoms with E-state index in [-0.39, 0.29) is 11.9 Å². The van der Waals surface area contributed by atoms with Gasteiger partial charge in [0.05, 0.1) is 5.69 Å². The number of benzene rings is 1. The number of alkyl halides is 1. The van der Waals surface area contributed by atoms with E-state index in [1.54, 1.807) is 6.92 Å². The van der Waals surface area contributed by atoms with Crippen LogP contribution in [0.4, 0.5) is 11.4 Å². The maximum Gasteiger partial charge on any atom is 0.268 e. The first kappa shape index (κ1) is 11.1. The van der Waals surface area contributed by atoms with Crippen LogP contribution >= 0.6 is 11.6 Å². The Labute approximate surface area is 99.1 Å². The van der Waals surface area contributed by atoms with Crippen molar-refractivity contribution in [3.8, 4) is 5.75 Å². The smallest absolute Gasteiger partial charge is 0.268 e. The molecule has 86 valence electrons. The SMILES string of the molecule is CNc1ccc2c(c1)N(CCl)C(=O)C(C)O2. The van der Waals surface area contributed by atoms with Gasteiger partial charge in [-0.05, 0) is 25.1 Å². The second-order valence-corrected chi connectivity index (χ2v) is 3.82. The van der Waals surface area contributed by atoms with Gasteiger partial charge in [-0.3, -0.25) is 9.69 Å². The summed E-state index contributed by atoms with van der Waals surface area (Å²) in [7, 11) is 1.82. The van der Waals surface area contributed by atoms with Crippen LogP contribution in [0.3, 0.4) is 0 Å². The maximum absolute atomic E-state index is 11.8. The standard InChI is InChI=1S/C11H13ClN2O2/c1-7-11(15)14(6-12)9-5-8(13-2)3-4-10(9)16-7/h3-5,7,13H,6H2,1-2H3. The Bertz CT molecular complexity index is 422. The predicted molar refractivity (Wildman–Crippen MR) is 64.3 cm³/mol. The number of amides is 1. The van der Waals surface area contributed by atoms with Gasteiger partial charge >= 0.3 is 0 Å². The molecule has 1 aromatic rings. The van der Waals surface area contributed by atoms with E-state index in [0.29, 0.717) is 11.4 Å². The van der Waals surface area contributed by atoms with Crippen molar-refractivity contribution < 1.29 is 9.53 Å². The molecule has 16 heavy (non-hydrogen) atoms. The Hall–Kier alpha value is -1.42. The zero-order chi connectivity index (χ0) is 11.7. The molecule has 5 heteroatoms. The predicted octanol–water partition coefficient (Wildman–Crippen LogP) is 2.04. The topological polar surface area (TPSA) is 41.6 Å². The van der Waals surface area contributed by atoms with Crippen LogP contribution in [0.1, 0.15) is 6.92 Å². The van der Waals surface area contributed by atoms with Gasteiger partial charge < -0.3 is 10.1 Å². The normalized spacial score (nSPS) is 19.1. The van der Waals surface area contributed by atoms with Crippen LogP contribution < -0.4 is 15.0 Å². The number of fused-ring (bicyclic) bond motifs is 1. The van der Waals surface area contributed by atoms with Crippen molar-refractivity contribution in [2.24, 2.45) is 0 Å². The second kappa shape index (κ2) is 4.22. The fraction of sp³-hybridized carbons (Fsp3) is 0.364. The second-order valence-electron chi connectivity index (χ2n) is 3.58. The minimum absolute atomic E-state index is 0.115. The van der Waals surface area contributed by atoms with Gasteiger partial charge in [0.15, 0.2) is 6.10 Å². The molecule has 1 atom stereocenters. The Morgan fingerprint density at radius 1 is 1.56 bits per heavy atom. The highest BCUT2D eigenvalue weighted by molar-refractivity contribution is 6.22. The molecule has 0 bridgehead atoms. The molecule has 0 saturated heterocycles. The van der Waals surface area contributed by atoms with Gasteiger partial charge in [0.1, 0.15) is 11.8 Å². The molecule has 0 radical (unpaired) electrons. The third-order valence-electron chi connectivity index (χ3n) is 2.58. The third-order valence-corrected chi connectivity index (χ3v) is 2.81. The van der Waals surface area contributed by atoms with Gasteiger partial charge in [-0.15, -0.1) is 11.6 Å². The summed E-state index contributed by atoms with van der Waals surface area (Å²) in [5, 5.41) is 3.01. The number of nitrogens with zero attached hydrogens (tertiary/aromatic N) is 1. The molecule has 0 aliphatic carbocycles. The highest BCUT2D eigenvalue weighted by atomic mass is 35.5. The lowest BCUT2D eigenvalue weighted by Gasteiger charge is -2.31. The van der Waals surface area contributed by atoms with Crippen molar-refractivity contribution in [3.05, 3.63) is 18.2 Å². The largest absolute Gasteiger partial charge is 0.479 e. The van der Waals surface area contributed by atoms with Gasteiger partial charge in [-0.1, -0.05) is 0 Å². The lowest BCUT2D eigenvalue weighted by atomic mass is 10.2. The quantitative estimate of drug-likeness (QED) is 0.635. The summed E-state index contributed by atoms with van der Waals surface area (Å²) in [6, 6.07) is 5.71. The summed E-state index contributed by atoms with van der Waals surface area (Å²) in [5.74, 6) is 0.572. The average molecular weight is 241 g/mol. The molecule has 1 N–H and O–H groups in total. The molecule has 1 aliphatic rings. The number of carbonyl (C=O) groups excluding carboxylic acids is 1. The molecular weight excluding hydrogens is 228 g/mol. The van der Waals surface area contributed by atoms with Crippen molar-refractivity contribution in [2.75, 3.05) is 23.3 Å². The Kier molecular flexibility index (Phi) is 2.92. The number of hydrogen-bond acceptors (Lipinski definition) is 3. The fourth-order valence-corrected chi connectivity index (χ4v) is 1.93. The van der Waals surface area contributed by atoms with E-state index in [1.807, 2.05) is 25.2 Å². The average Bonchev–Trinajstić information content (AvgIpc) is 2.30. The van der Waals surface area contributed by atoms with E-state index in [4.69, 9.17) is 16.3 Å². The molecule has 0 spiro atoms. The maximum atomic E-state index is 11.8. The fourth-order valence-electron chi connectivity index (χ4n) is 1.69. The number of ether oxygens (including phenoxy) is 1. The van der Waals surface area contributed by atoms with Gasteiger partial charge in [0.2, 0.25) is 0 Å². The van der Waals surface area contributed by atoms with Gasteiger partial charge in [0, 0.05) is 12.7 Å². The number of nitrogens with one attached hydrogen (secondary N) is 1. The zero-order valence-corrected chi connectivity index (χ0v) is 9.91. The van der Waals surface area contributed by atoms with E-state index in [9.17, 15) is 4.79 Å². The molecule has 1 aliphatic heterocycles. The van der Waals surface area contributed by atoms with Crippen LogP contribution in [0.2, 0.25) is 0 Å². The lowest BCUT2D eigenvalue weighted by molar-refractivity contribution is -0.125. The minimum atomic E-state index is -0.480. The van der Waals surface area contributed by atoms with E-state index >= 15 is 0 Å². The Morgan fingerprint density at radius 2 is 2.31 bits per heavy atom. The van der Waals surface area contributed by atoms with Crippen LogP contribution in [0.25, 0.3) is 0 Å². The molecular formula is C11H13ClN2O2. The van der Waals surface area contributed by atoms with E-state index in [0.717, 1.165) is 5.69 Å². The Morgan fingerprint density at radius 3 is 2.94 bits per heavy atom. The number of hydrogen-bond donors (Lipinski definition) is 1. The molecule has 2 rings (SSSR count). The molecule has 1 amide bonds. The molecule has 1 unspecified atom stereocenters. The first-order valence-corrected chi connectivity index (χ1v) is 5.56. The number of carbonyl (C=O) groups is 1. The van der Waals surface area contributed by atoms with Crippen LogP contribution in [0.5, 0.6) is 5.75 Å². The zero-order valence-electron chi connectivity index (χ0n) is 9.16. The van der Waals surface area contributed by atoms with Gasteiger partial charge in [0.25, 0.3) is 5.91 Å². The van der Waals surface area contributed by atoms with Crippen LogP contribution in [-0.4, -0.2) is 25.1 Å². The van der Waals surface area contributed by atoms with Crippen LogP contribution in [0.15, 0.2) is 18.2 Å². The summed E-state index contributed by atoms with van der Waals surface area (Å²) >= 11 is 5.79. The van der Waals surface area contributed by atoms with Crippen molar-refractivity contribution in [1.29, 1.82) is 0 Å². The summed E-state index contributed by atoms with van der Waals surface area (Å²) in [5.41, 5.74) is 1.63. The molecule has 1 aromatic carbocycles. The summed E-state index contributed by atoms with van der Waals surface area (Å²) < 4.78 is 5.50. The number of rotatable bonds is 2. The monoisotopic (exact) mass is 240 g/mol. The molecule has 4 nitrogen and oxygen atoms in total. The Balaban J connectivity index is 2.48. The van der Waals surface area contributed by atoms with Crippen molar-refractivity contribution in [1.82, 2.24) is 0 Å². The van der Waals surface area contributed by atoms with Gasteiger partial charge in [-0.2, -0.15) is 0 Å². The van der Waals surface area contributed by atoms with E-state index < -0.39 is 6.10 Å². The highest BCUT2D eigenvalue weighted by Crippen LogP contribution is 2.36. The van der Waals surface area contributed by atoms with Crippen LogP contribution in [-0.2, 0) is 4.79 Å². The number of anilines is 2. The molecule has 0 aromatic heterocycles. The molecule has 0 fully saturated rings. The van der Waals surface area contributed by atoms with Gasteiger partial charge in [-0.25, -0.2) is 0 Å². The minimum Gasteiger partial charge on any atom is -0.479 e. The molecule has 1 heterocycles. The van der Waals surface area contributed by atoms with Crippen LogP contribution in [0, 0.1) is 0 Å². The van der Waals surface area contributed by atoms with Crippen molar-refractivity contribution >= 4 is 28.9 Å². The van der Waals surface area contributed by atoms with Crippen molar-refractivity contribution in [3.63, 3.8) is 0 Å². The van der Waals surface area contributed by atoms with E-state index in [2.05, 4.69) is 5.32 Å². The first-order valence-electron chi connectivity index (χ1n) is 5.03. The molecule has 0 saturated carbocycles. The summed E-state index contributed by atoms with van der Waals surface area (Å²) in [6.45, 7) is 1.72. The van der Waals surface area contributed by atoms with Crippen molar-refractivity contribution in [2.45, 2.75) is 13.0 Å².